The first kappa shape index (κ1) is 26.4. The van der Waals surface area contributed by atoms with E-state index in [1.165, 1.54) is 12.8 Å². The largest absolute Gasteiger partial charge is 0.378 e. The van der Waals surface area contributed by atoms with Crippen LogP contribution in [0.4, 0.5) is 0 Å². The number of amides is 1. The lowest BCUT2D eigenvalue weighted by molar-refractivity contribution is -0.136. The Morgan fingerprint density at radius 3 is 2.60 bits per heavy atom. The van der Waals surface area contributed by atoms with Crippen LogP contribution in [0.3, 0.4) is 0 Å². The molecule has 1 aromatic rings. The second-order valence-electron chi connectivity index (χ2n) is 7.39. The molecule has 1 fully saturated rings. The molecule has 1 saturated heterocycles. The van der Waals surface area contributed by atoms with Crippen molar-refractivity contribution in [2.24, 2.45) is 4.99 Å². The number of carbonyl (C=O) groups is 1. The Bertz CT molecular complexity index is 648. The zero-order chi connectivity index (χ0) is 20.9. The standard InChI is InChI=1S/C23H36N4O2.HI/c1-4-5-6-7-11-14-26(3)23(24-2)25-19-21(20-12-9-8-10-13-20)22(28)27-15-17-29-18-16-27;/h4,8-10,12-13,21H,1,5-7,11,14-19H2,2-3H3,(H,24,25);1H. The van der Waals surface area contributed by atoms with Crippen molar-refractivity contribution >= 4 is 35.8 Å². The van der Waals surface area contributed by atoms with Crippen LogP contribution >= 0.6 is 24.0 Å². The van der Waals surface area contributed by atoms with Gasteiger partial charge in [-0.25, -0.2) is 0 Å². The fourth-order valence-corrected chi connectivity index (χ4v) is 3.54. The molecular weight excluding hydrogens is 491 g/mol. The number of allylic oxidation sites excluding steroid dienone is 1. The molecule has 0 spiro atoms. The number of guanidine groups is 1. The number of unbranched alkanes of at least 4 members (excludes halogenated alkanes) is 3. The topological polar surface area (TPSA) is 57.2 Å². The van der Waals surface area contributed by atoms with Crippen LogP contribution < -0.4 is 5.32 Å². The second kappa shape index (κ2) is 15.2. The Morgan fingerprint density at radius 2 is 1.97 bits per heavy atom. The van der Waals surface area contributed by atoms with Crippen molar-refractivity contribution in [3.63, 3.8) is 0 Å². The monoisotopic (exact) mass is 528 g/mol. The van der Waals surface area contributed by atoms with Gasteiger partial charge in [0.1, 0.15) is 0 Å². The maximum absolute atomic E-state index is 13.2. The van der Waals surface area contributed by atoms with Gasteiger partial charge in [0.25, 0.3) is 0 Å². The van der Waals surface area contributed by atoms with Gasteiger partial charge < -0.3 is 19.9 Å². The number of carbonyl (C=O) groups excluding carboxylic acids is 1. The summed E-state index contributed by atoms with van der Waals surface area (Å²) < 4.78 is 5.40. The Hall–Kier alpha value is -1.61. The molecule has 0 aliphatic carbocycles. The summed E-state index contributed by atoms with van der Waals surface area (Å²) in [4.78, 5) is 21.7. The number of nitrogens with one attached hydrogen (secondary N) is 1. The van der Waals surface area contributed by atoms with E-state index in [1.54, 1.807) is 7.05 Å². The normalized spacial score (nSPS) is 15.1. The van der Waals surface area contributed by atoms with Crippen molar-refractivity contribution < 1.29 is 9.53 Å². The fourth-order valence-electron chi connectivity index (χ4n) is 3.54. The average molecular weight is 528 g/mol. The minimum absolute atomic E-state index is 0. The van der Waals surface area contributed by atoms with Crippen molar-refractivity contribution in [2.45, 2.75) is 31.6 Å². The zero-order valence-electron chi connectivity index (χ0n) is 18.4. The smallest absolute Gasteiger partial charge is 0.232 e. The molecule has 0 aromatic heterocycles. The van der Waals surface area contributed by atoms with Gasteiger partial charge in [0, 0.05) is 40.3 Å². The predicted octanol–water partition coefficient (Wildman–Crippen LogP) is 3.50. The molecule has 6 nitrogen and oxygen atoms in total. The van der Waals surface area contributed by atoms with E-state index in [0.717, 1.165) is 30.9 Å². The quantitative estimate of drug-likeness (QED) is 0.166. The van der Waals surface area contributed by atoms with Gasteiger partial charge in [-0.1, -0.05) is 42.8 Å². The van der Waals surface area contributed by atoms with Crippen molar-refractivity contribution in [3.8, 4) is 0 Å². The molecule has 0 saturated carbocycles. The molecule has 1 unspecified atom stereocenters. The zero-order valence-corrected chi connectivity index (χ0v) is 20.7. The number of rotatable bonds is 10. The highest BCUT2D eigenvalue weighted by atomic mass is 127. The van der Waals surface area contributed by atoms with Gasteiger partial charge in [-0.2, -0.15) is 0 Å². The molecule has 7 heteroatoms. The minimum Gasteiger partial charge on any atom is -0.378 e. The van der Waals surface area contributed by atoms with Crippen molar-refractivity contribution in [2.75, 3.05) is 53.5 Å². The van der Waals surface area contributed by atoms with E-state index < -0.39 is 0 Å². The third-order valence-corrected chi connectivity index (χ3v) is 5.26. The predicted molar refractivity (Wildman–Crippen MR) is 135 cm³/mol. The molecule has 0 radical (unpaired) electrons. The molecule has 30 heavy (non-hydrogen) atoms. The number of halogens is 1. The molecule has 1 atom stereocenters. The summed E-state index contributed by atoms with van der Waals surface area (Å²) in [5, 5.41) is 3.42. The lowest BCUT2D eigenvalue weighted by Gasteiger charge is -2.31. The molecule has 2 rings (SSSR count). The van der Waals surface area contributed by atoms with E-state index >= 15 is 0 Å². The van der Waals surface area contributed by atoms with E-state index in [2.05, 4.69) is 21.8 Å². The van der Waals surface area contributed by atoms with Crippen molar-refractivity contribution in [1.82, 2.24) is 15.1 Å². The van der Waals surface area contributed by atoms with Gasteiger partial charge in [0.15, 0.2) is 5.96 Å². The van der Waals surface area contributed by atoms with Gasteiger partial charge >= 0.3 is 0 Å². The fraction of sp³-hybridized carbons (Fsp3) is 0.565. The summed E-state index contributed by atoms with van der Waals surface area (Å²) in [7, 11) is 3.84. The van der Waals surface area contributed by atoms with Gasteiger partial charge in [-0.3, -0.25) is 9.79 Å². The van der Waals surface area contributed by atoms with Gasteiger partial charge in [-0.15, -0.1) is 30.6 Å². The third-order valence-electron chi connectivity index (χ3n) is 5.26. The Kier molecular flexibility index (Phi) is 13.4. The highest BCUT2D eigenvalue weighted by Crippen LogP contribution is 2.19. The van der Waals surface area contributed by atoms with Gasteiger partial charge in [0.2, 0.25) is 5.91 Å². The summed E-state index contributed by atoms with van der Waals surface area (Å²) in [5.41, 5.74) is 1.03. The highest BCUT2D eigenvalue weighted by molar-refractivity contribution is 14.0. The number of hydrogen-bond donors (Lipinski definition) is 1. The van der Waals surface area contributed by atoms with Crippen LogP contribution in [-0.4, -0.2) is 75.2 Å². The van der Waals surface area contributed by atoms with Crippen LogP contribution in [0.1, 0.15) is 37.2 Å². The maximum Gasteiger partial charge on any atom is 0.232 e. The molecule has 0 bridgehead atoms. The first-order valence-electron chi connectivity index (χ1n) is 10.6. The molecule has 1 N–H and O–H groups in total. The van der Waals surface area contributed by atoms with Crippen LogP contribution in [0.15, 0.2) is 48.0 Å². The van der Waals surface area contributed by atoms with Crippen LogP contribution in [-0.2, 0) is 9.53 Å². The average Bonchev–Trinajstić information content (AvgIpc) is 2.77. The summed E-state index contributed by atoms with van der Waals surface area (Å²) in [5.74, 6) is 0.728. The second-order valence-corrected chi connectivity index (χ2v) is 7.39. The summed E-state index contributed by atoms with van der Waals surface area (Å²) in [6.07, 6.45) is 6.50. The minimum atomic E-state index is -0.243. The van der Waals surface area contributed by atoms with E-state index in [0.29, 0.717) is 32.8 Å². The number of morpholine rings is 1. The molecular formula is C23H37IN4O2. The van der Waals surface area contributed by atoms with E-state index in [1.807, 2.05) is 48.4 Å². The van der Waals surface area contributed by atoms with Crippen LogP contribution in [0.5, 0.6) is 0 Å². The number of benzene rings is 1. The van der Waals surface area contributed by atoms with E-state index in [-0.39, 0.29) is 35.8 Å². The Morgan fingerprint density at radius 1 is 1.27 bits per heavy atom. The Labute approximate surface area is 198 Å². The summed E-state index contributed by atoms with van der Waals surface area (Å²) >= 11 is 0. The highest BCUT2D eigenvalue weighted by Gasteiger charge is 2.27. The SMILES string of the molecule is C=CCCCCCN(C)C(=NC)NCC(C(=O)N1CCOCC1)c1ccccc1.I. The lowest BCUT2D eigenvalue weighted by atomic mass is 9.97. The lowest BCUT2D eigenvalue weighted by Crippen LogP contribution is -2.47. The molecule has 168 valence electrons. The summed E-state index contributed by atoms with van der Waals surface area (Å²) in [6.45, 7) is 7.75. The molecule has 1 aliphatic rings. The molecule has 1 aliphatic heterocycles. The van der Waals surface area contributed by atoms with Crippen LogP contribution in [0.25, 0.3) is 0 Å². The first-order chi connectivity index (χ1) is 14.2. The molecule has 1 heterocycles. The van der Waals surface area contributed by atoms with Crippen LogP contribution in [0.2, 0.25) is 0 Å². The van der Waals surface area contributed by atoms with Gasteiger partial charge in [-0.05, 0) is 24.8 Å². The maximum atomic E-state index is 13.2. The van der Waals surface area contributed by atoms with Gasteiger partial charge in [0.05, 0.1) is 19.1 Å². The van der Waals surface area contributed by atoms with E-state index in [9.17, 15) is 4.79 Å². The van der Waals surface area contributed by atoms with E-state index in [4.69, 9.17) is 4.74 Å². The van der Waals surface area contributed by atoms with Crippen molar-refractivity contribution in [3.05, 3.63) is 48.6 Å². The number of nitrogens with zero attached hydrogens (tertiary/aromatic N) is 3. The first-order valence-corrected chi connectivity index (χ1v) is 10.6. The number of ether oxygens (including phenoxy) is 1. The molecule has 1 amide bonds. The summed E-state index contributed by atoms with van der Waals surface area (Å²) in [6, 6.07) is 10.00. The van der Waals surface area contributed by atoms with Crippen LogP contribution in [0, 0.1) is 0 Å². The number of hydrogen-bond acceptors (Lipinski definition) is 3. The number of aliphatic imine (C=N–C) groups is 1. The third kappa shape index (κ3) is 8.63. The Balaban J connectivity index is 0.00000450. The van der Waals surface area contributed by atoms with Crippen molar-refractivity contribution in [1.29, 1.82) is 0 Å². The molecule has 1 aromatic carbocycles.